The van der Waals surface area contributed by atoms with Crippen molar-refractivity contribution in [3.63, 3.8) is 0 Å². The number of nitrogens with zero attached hydrogens (tertiary/aromatic N) is 4. The number of aliphatic hydroxyl groups excluding tert-OH is 3. The fourth-order valence-corrected chi connectivity index (χ4v) is 5.35. The molecule has 5 N–H and O–H groups in total. The lowest BCUT2D eigenvalue weighted by Crippen LogP contribution is -2.33. The summed E-state index contributed by atoms with van der Waals surface area (Å²) in [5.74, 6) is 1.72. The number of aromatic nitrogens is 4. The molecule has 11 heteroatoms. The van der Waals surface area contributed by atoms with Crippen molar-refractivity contribution in [1.82, 2.24) is 19.5 Å². The van der Waals surface area contributed by atoms with Gasteiger partial charge in [0.15, 0.2) is 23.2 Å². The van der Waals surface area contributed by atoms with Crippen LogP contribution in [0.4, 0.5) is 5.82 Å². The second-order valence-corrected chi connectivity index (χ2v) is 8.79. The van der Waals surface area contributed by atoms with E-state index < -0.39 is 31.1 Å². The molecular formula is C20H27N5O6. The molecule has 3 aliphatic rings. The molecule has 2 saturated carbocycles. The van der Waals surface area contributed by atoms with Crippen molar-refractivity contribution in [3.8, 4) is 6.01 Å². The van der Waals surface area contributed by atoms with Crippen molar-refractivity contribution in [2.45, 2.75) is 56.6 Å². The minimum absolute atomic E-state index is 0.000707. The highest BCUT2D eigenvalue weighted by molar-refractivity contribution is 5.82. The largest absolute Gasteiger partial charge is 0.463 e. The van der Waals surface area contributed by atoms with Crippen molar-refractivity contribution < 1.29 is 29.6 Å². The number of ether oxygens (including phenoxy) is 2. The number of fused-ring (bicyclic) bond motifs is 3. The van der Waals surface area contributed by atoms with Gasteiger partial charge >= 0.3 is 6.01 Å². The molecule has 5 rings (SSSR count). The lowest BCUT2D eigenvalue weighted by atomic mass is 9.85. The Morgan fingerprint density at radius 3 is 2.77 bits per heavy atom. The molecule has 3 fully saturated rings. The number of hydrogen-bond acceptors (Lipinski definition) is 10. The maximum atomic E-state index is 12.6. The van der Waals surface area contributed by atoms with Crippen LogP contribution in [-0.4, -0.2) is 72.1 Å². The van der Waals surface area contributed by atoms with Gasteiger partial charge < -0.3 is 30.5 Å². The first kappa shape index (κ1) is 20.6. The van der Waals surface area contributed by atoms with Gasteiger partial charge in [0, 0.05) is 12.3 Å². The van der Waals surface area contributed by atoms with Gasteiger partial charge in [-0.05, 0) is 31.1 Å². The number of ketones is 1. The fourth-order valence-electron chi connectivity index (χ4n) is 5.35. The van der Waals surface area contributed by atoms with Crippen LogP contribution in [0.5, 0.6) is 6.01 Å². The number of hydrogen-bond donors (Lipinski definition) is 4. The predicted molar refractivity (Wildman–Crippen MR) is 107 cm³/mol. The number of imidazole rings is 1. The van der Waals surface area contributed by atoms with Crippen molar-refractivity contribution in [2.75, 3.05) is 18.9 Å². The molecule has 2 aromatic rings. The van der Waals surface area contributed by atoms with Gasteiger partial charge in [-0.2, -0.15) is 9.97 Å². The molecule has 1 aliphatic heterocycles. The minimum atomic E-state index is -1.28. The first-order chi connectivity index (χ1) is 15.0. The second kappa shape index (κ2) is 7.97. The van der Waals surface area contributed by atoms with E-state index in [1.807, 2.05) is 0 Å². The number of rotatable bonds is 7. The molecule has 1 saturated heterocycles. The van der Waals surface area contributed by atoms with Crippen molar-refractivity contribution >= 4 is 22.8 Å². The molecule has 7 atom stereocenters. The number of nitrogen functional groups attached to an aromatic ring is 1. The monoisotopic (exact) mass is 433 g/mol. The summed E-state index contributed by atoms with van der Waals surface area (Å²) in [6.45, 7) is -0.289. The zero-order valence-corrected chi connectivity index (χ0v) is 17.0. The Bertz CT molecular complexity index is 982. The van der Waals surface area contributed by atoms with Gasteiger partial charge in [-0.3, -0.25) is 9.36 Å². The third-order valence-corrected chi connectivity index (χ3v) is 6.95. The standard InChI is InChI=1S/C20H27N5O6/c21-17-14-18(25(8-22-14)19-16(29)15(28)13(7-26)31-19)24-20(23-17)30-4-3-12(27)11-6-9-1-2-10(11)5-9/h8-11,13,15-16,19,26,28-29H,1-7H2,(H2,21,23,24)/t9?,10?,11-,13-,15-,16-,19?/m0/s1. The van der Waals surface area contributed by atoms with Crippen LogP contribution in [-0.2, 0) is 9.53 Å². The van der Waals surface area contributed by atoms with Gasteiger partial charge in [0.25, 0.3) is 0 Å². The lowest BCUT2D eigenvalue weighted by molar-refractivity contribution is -0.124. The lowest BCUT2D eigenvalue weighted by Gasteiger charge is -2.20. The van der Waals surface area contributed by atoms with Crippen LogP contribution in [0.2, 0.25) is 0 Å². The topological polar surface area (TPSA) is 166 Å². The average Bonchev–Trinajstić information content (AvgIpc) is 3.53. The maximum Gasteiger partial charge on any atom is 0.320 e. The Morgan fingerprint density at radius 1 is 1.26 bits per heavy atom. The van der Waals surface area contributed by atoms with E-state index in [1.165, 1.54) is 23.7 Å². The van der Waals surface area contributed by atoms with Crippen LogP contribution in [0.25, 0.3) is 11.2 Å². The molecule has 2 aliphatic carbocycles. The molecule has 0 spiro atoms. The highest BCUT2D eigenvalue weighted by Crippen LogP contribution is 2.48. The van der Waals surface area contributed by atoms with Gasteiger partial charge in [-0.15, -0.1) is 0 Å². The van der Waals surface area contributed by atoms with E-state index in [4.69, 9.17) is 15.2 Å². The molecule has 2 bridgehead atoms. The molecule has 31 heavy (non-hydrogen) atoms. The Kier molecular flexibility index (Phi) is 5.29. The first-order valence-electron chi connectivity index (χ1n) is 10.7. The smallest absolute Gasteiger partial charge is 0.320 e. The molecule has 2 aromatic heterocycles. The van der Waals surface area contributed by atoms with Crippen LogP contribution in [0.15, 0.2) is 6.33 Å². The molecule has 3 heterocycles. The second-order valence-electron chi connectivity index (χ2n) is 8.79. The summed E-state index contributed by atoms with van der Waals surface area (Å²) in [7, 11) is 0. The molecule has 0 amide bonds. The highest BCUT2D eigenvalue weighted by Gasteiger charge is 2.44. The average molecular weight is 433 g/mol. The predicted octanol–water partition coefficient (Wildman–Crippen LogP) is -0.206. The normalized spacial score (nSPS) is 34.6. The van der Waals surface area contributed by atoms with Gasteiger partial charge in [0.05, 0.1) is 19.5 Å². The third-order valence-electron chi connectivity index (χ3n) is 6.95. The number of aliphatic hydroxyl groups is 3. The van der Waals surface area contributed by atoms with Crippen molar-refractivity contribution in [3.05, 3.63) is 6.33 Å². The molecule has 11 nitrogen and oxygen atoms in total. The number of Topliss-reactive ketones (excluding diaryl/α,β-unsaturated/α-hetero) is 1. The van der Waals surface area contributed by atoms with E-state index >= 15 is 0 Å². The minimum Gasteiger partial charge on any atom is -0.463 e. The third kappa shape index (κ3) is 3.55. The van der Waals surface area contributed by atoms with E-state index in [0.717, 1.165) is 12.8 Å². The van der Waals surface area contributed by atoms with Gasteiger partial charge in [0.1, 0.15) is 24.1 Å². The van der Waals surface area contributed by atoms with E-state index in [-0.39, 0.29) is 35.8 Å². The molecular weight excluding hydrogens is 406 g/mol. The maximum absolute atomic E-state index is 12.6. The SMILES string of the molecule is Nc1nc(OCCC(=O)[C@H]2CC3CCC2C3)nc2c1ncn2C1O[C@@H](CO)[C@H](O)[C@@H]1O. The van der Waals surface area contributed by atoms with Crippen LogP contribution in [0.1, 0.15) is 38.3 Å². The van der Waals surface area contributed by atoms with E-state index in [0.29, 0.717) is 23.8 Å². The van der Waals surface area contributed by atoms with E-state index in [9.17, 15) is 20.1 Å². The summed E-state index contributed by atoms with van der Waals surface area (Å²) in [5.41, 5.74) is 6.55. The zero-order chi connectivity index (χ0) is 21.7. The Labute approximate surface area is 178 Å². The molecule has 0 aromatic carbocycles. The molecule has 3 unspecified atom stereocenters. The summed E-state index contributed by atoms with van der Waals surface area (Å²) >= 11 is 0. The van der Waals surface area contributed by atoms with E-state index in [1.54, 1.807) is 0 Å². The van der Waals surface area contributed by atoms with Crippen molar-refractivity contribution in [1.29, 1.82) is 0 Å². The van der Waals surface area contributed by atoms with Crippen LogP contribution < -0.4 is 10.5 Å². The Hall–Kier alpha value is -2.34. The van der Waals surface area contributed by atoms with Gasteiger partial charge in [0.2, 0.25) is 0 Å². The summed E-state index contributed by atoms with van der Waals surface area (Å²) in [5, 5.41) is 29.6. The van der Waals surface area contributed by atoms with Gasteiger partial charge in [-0.25, -0.2) is 4.98 Å². The number of carbonyl (C=O) groups is 1. The van der Waals surface area contributed by atoms with E-state index in [2.05, 4.69) is 15.0 Å². The summed E-state index contributed by atoms with van der Waals surface area (Å²) in [6.07, 6.45) is 1.80. The van der Waals surface area contributed by atoms with Gasteiger partial charge in [-0.1, -0.05) is 6.42 Å². The quantitative estimate of drug-likeness (QED) is 0.459. The summed E-state index contributed by atoms with van der Waals surface area (Å²) in [4.78, 5) is 25.2. The molecule has 168 valence electrons. The summed E-state index contributed by atoms with van der Waals surface area (Å²) in [6, 6.07) is -0.000707. The Morgan fingerprint density at radius 2 is 2.10 bits per heavy atom. The van der Waals surface area contributed by atoms with Crippen LogP contribution >= 0.6 is 0 Å². The number of carbonyl (C=O) groups excluding carboxylic acids is 1. The summed E-state index contributed by atoms with van der Waals surface area (Å²) < 4.78 is 12.6. The number of nitrogens with two attached hydrogens (primary N) is 1. The first-order valence-corrected chi connectivity index (χ1v) is 10.7. The Balaban J connectivity index is 1.29. The molecule has 0 radical (unpaired) electrons. The highest BCUT2D eigenvalue weighted by atomic mass is 16.6. The number of anilines is 1. The van der Waals surface area contributed by atoms with Crippen molar-refractivity contribution in [2.24, 2.45) is 17.8 Å². The zero-order valence-electron chi connectivity index (χ0n) is 17.0. The van der Waals surface area contributed by atoms with Crippen LogP contribution in [0, 0.1) is 17.8 Å². The fraction of sp³-hybridized carbons (Fsp3) is 0.700. The van der Waals surface area contributed by atoms with Crippen LogP contribution in [0.3, 0.4) is 0 Å².